The molecule has 4 rings (SSSR count). The van der Waals surface area contributed by atoms with Crippen LogP contribution in [-0.2, 0) is 15.6 Å². The summed E-state index contributed by atoms with van der Waals surface area (Å²) in [6.45, 7) is 3.09. The van der Waals surface area contributed by atoms with Crippen LogP contribution in [0.4, 0.5) is 14.5 Å². The quantitative estimate of drug-likeness (QED) is 0.714. The van der Waals surface area contributed by atoms with Crippen molar-refractivity contribution in [3.63, 3.8) is 0 Å². The van der Waals surface area contributed by atoms with E-state index in [1.54, 1.807) is 31.5 Å². The van der Waals surface area contributed by atoms with E-state index < -0.39 is 33.0 Å². The number of rotatable bonds is 6. The lowest BCUT2D eigenvalue weighted by molar-refractivity contribution is 0.405. The summed E-state index contributed by atoms with van der Waals surface area (Å²) in [5.74, 6) is -2.17. The zero-order valence-corrected chi connectivity index (χ0v) is 16.5. The molecule has 2 aromatic carbocycles. The average molecular weight is 419 g/mol. The number of halogens is 2. The Hall–Kier alpha value is -2.81. The predicted octanol–water partition coefficient (Wildman–Crippen LogP) is 3.82. The molecule has 0 spiro atoms. The lowest BCUT2D eigenvalue weighted by Gasteiger charge is -2.21. The van der Waals surface area contributed by atoms with Gasteiger partial charge in [0.15, 0.2) is 27.2 Å². The summed E-state index contributed by atoms with van der Waals surface area (Å²) in [7, 11) is -3.49. The van der Waals surface area contributed by atoms with Crippen molar-refractivity contribution in [3.8, 4) is 11.5 Å². The number of nitrogens with zero attached hydrogens (tertiary/aromatic N) is 3. The largest absolute Gasteiger partial charge is 0.451 e. The lowest BCUT2D eigenvalue weighted by atomic mass is 10.1. The molecule has 6 nitrogen and oxygen atoms in total. The molecule has 0 radical (unpaired) electrons. The maximum atomic E-state index is 14.9. The molecule has 0 fully saturated rings. The number of ether oxygens (including phenoxy) is 1. The molecule has 0 N–H and O–H groups in total. The van der Waals surface area contributed by atoms with Crippen molar-refractivity contribution in [2.45, 2.75) is 19.1 Å². The summed E-state index contributed by atoms with van der Waals surface area (Å²) in [6.07, 6.45) is 2.13. The van der Waals surface area contributed by atoms with Crippen LogP contribution in [0.15, 0.2) is 40.3 Å². The number of aliphatic imine (C=N–C) groups is 2. The van der Waals surface area contributed by atoms with Crippen molar-refractivity contribution >= 4 is 27.7 Å². The first-order chi connectivity index (χ1) is 13.9. The Kier molecular flexibility index (Phi) is 5.08. The fourth-order valence-corrected chi connectivity index (χ4v) is 4.79. The molecule has 29 heavy (non-hydrogen) atoms. The molecular weight excluding hydrogens is 400 g/mol. The Labute approximate surface area is 167 Å². The smallest absolute Gasteiger partial charge is 0.198 e. The molecule has 0 atom stereocenters. The van der Waals surface area contributed by atoms with Crippen molar-refractivity contribution in [1.82, 2.24) is 4.90 Å². The Balaban J connectivity index is 1.66. The van der Waals surface area contributed by atoms with Gasteiger partial charge in [-0.15, -0.1) is 0 Å². The summed E-state index contributed by atoms with van der Waals surface area (Å²) < 4.78 is 58.7. The number of amidine groups is 1. The van der Waals surface area contributed by atoms with Crippen molar-refractivity contribution in [3.05, 3.63) is 53.1 Å². The summed E-state index contributed by atoms with van der Waals surface area (Å²) in [4.78, 5) is 10.7. The van der Waals surface area contributed by atoms with Crippen LogP contribution in [0.5, 0.6) is 11.5 Å². The normalized spacial score (nSPS) is 15.1. The molecule has 0 amide bonds. The molecule has 0 aliphatic carbocycles. The lowest BCUT2D eigenvalue weighted by Crippen LogP contribution is -2.29. The molecule has 2 aromatic rings. The minimum Gasteiger partial charge on any atom is -0.451 e. The fraction of sp³-hybridized carbons (Fsp3) is 0.300. The molecule has 0 bridgehead atoms. The monoisotopic (exact) mass is 419 g/mol. The fourth-order valence-electron chi connectivity index (χ4n) is 3.33. The summed E-state index contributed by atoms with van der Waals surface area (Å²) in [5.41, 5.74) is 1.28. The highest BCUT2D eigenvalue weighted by Gasteiger charge is 2.25. The van der Waals surface area contributed by atoms with Gasteiger partial charge < -0.3 is 9.64 Å². The van der Waals surface area contributed by atoms with Gasteiger partial charge in [-0.1, -0.05) is 13.0 Å². The van der Waals surface area contributed by atoms with Gasteiger partial charge in [-0.25, -0.2) is 22.2 Å². The van der Waals surface area contributed by atoms with Crippen LogP contribution in [0.3, 0.4) is 0 Å². The Bertz CT molecular complexity index is 1130. The zero-order chi connectivity index (χ0) is 20.6. The van der Waals surface area contributed by atoms with Gasteiger partial charge in [-0.3, -0.25) is 4.99 Å². The first-order valence-electron chi connectivity index (χ1n) is 9.23. The maximum Gasteiger partial charge on any atom is 0.198 e. The molecule has 0 saturated heterocycles. The van der Waals surface area contributed by atoms with E-state index in [0.717, 1.165) is 24.5 Å². The average Bonchev–Trinajstić information content (AvgIpc) is 3.16. The van der Waals surface area contributed by atoms with Crippen molar-refractivity contribution in [2.75, 3.05) is 18.8 Å². The third-order valence-electron chi connectivity index (χ3n) is 4.66. The molecular formula is C20H19F2N3O3S. The maximum absolute atomic E-state index is 14.9. The minimum absolute atomic E-state index is 0.0655. The van der Waals surface area contributed by atoms with Crippen LogP contribution in [-0.4, -0.2) is 44.3 Å². The standard InChI is InChI=1S/C20H19F2N3O3S/c1-2-9-29(26,27)11-13-3-5-16(21)19(18(13)22)28-14-4-6-17-15(10-14)20-23-7-8-25(20)12-24-17/h3-6,10,12H,2,7-9,11H2,1H3. The number of benzene rings is 2. The topological polar surface area (TPSA) is 71.3 Å². The third kappa shape index (κ3) is 3.87. The molecule has 9 heteroatoms. The van der Waals surface area contributed by atoms with E-state index in [1.165, 1.54) is 0 Å². The van der Waals surface area contributed by atoms with Crippen LogP contribution < -0.4 is 4.74 Å². The number of sulfone groups is 1. The van der Waals surface area contributed by atoms with E-state index in [-0.39, 0.29) is 17.1 Å². The van der Waals surface area contributed by atoms with E-state index in [0.29, 0.717) is 24.2 Å². The minimum atomic E-state index is -3.49. The summed E-state index contributed by atoms with van der Waals surface area (Å²) >= 11 is 0. The highest BCUT2D eigenvalue weighted by molar-refractivity contribution is 7.90. The SMILES string of the molecule is CCCS(=O)(=O)Cc1ccc(F)c(Oc2ccc3c(c2)C2=NCCN2C=N3)c1F. The third-order valence-corrected chi connectivity index (χ3v) is 6.44. The van der Waals surface area contributed by atoms with Gasteiger partial charge in [-0.2, -0.15) is 0 Å². The number of fused-ring (bicyclic) bond motifs is 3. The van der Waals surface area contributed by atoms with Crippen LogP contribution in [0, 0.1) is 11.6 Å². The van der Waals surface area contributed by atoms with Gasteiger partial charge in [-0.05, 0) is 30.7 Å². The van der Waals surface area contributed by atoms with Crippen LogP contribution in [0.25, 0.3) is 0 Å². The molecule has 2 heterocycles. The predicted molar refractivity (Wildman–Crippen MR) is 107 cm³/mol. The second-order valence-electron chi connectivity index (χ2n) is 6.87. The molecule has 0 unspecified atom stereocenters. The highest BCUT2D eigenvalue weighted by atomic mass is 32.2. The summed E-state index contributed by atoms with van der Waals surface area (Å²) in [5, 5.41) is 0. The number of hydrogen-bond donors (Lipinski definition) is 0. The van der Waals surface area contributed by atoms with Crippen LogP contribution in [0.1, 0.15) is 24.5 Å². The second-order valence-corrected chi connectivity index (χ2v) is 9.05. The van der Waals surface area contributed by atoms with Crippen molar-refractivity contribution in [2.24, 2.45) is 9.98 Å². The van der Waals surface area contributed by atoms with E-state index in [4.69, 9.17) is 4.74 Å². The molecule has 152 valence electrons. The molecule has 0 saturated carbocycles. The van der Waals surface area contributed by atoms with Crippen molar-refractivity contribution in [1.29, 1.82) is 0 Å². The first-order valence-corrected chi connectivity index (χ1v) is 11.0. The van der Waals surface area contributed by atoms with Crippen molar-refractivity contribution < 1.29 is 21.9 Å². The molecule has 0 aromatic heterocycles. The van der Waals surface area contributed by atoms with Gasteiger partial charge in [0.25, 0.3) is 0 Å². The second kappa shape index (κ2) is 7.55. The van der Waals surface area contributed by atoms with E-state index >= 15 is 0 Å². The summed E-state index contributed by atoms with van der Waals surface area (Å²) in [6, 6.07) is 7.02. The van der Waals surface area contributed by atoms with Gasteiger partial charge >= 0.3 is 0 Å². The van der Waals surface area contributed by atoms with Gasteiger partial charge in [0.2, 0.25) is 0 Å². The van der Waals surface area contributed by atoms with E-state index in [1.807, 2.05) is 4.90 Å². The van der Waals surface area contributed by atoms with E-state index in [2.05, 4.69) is 9.98 Å². The van der Waals surface area contributed by atoms with Crippen LogP contribution >= 0.6 is 0 Å². The van der Waals surface area contributed by atoms with E-state index in [9.17, 15) is 17.2 Å². The Morgan fingerprint density at radius 1 is 1.21 bits per heavy atom. The number of hydrogen-bond acceptors (Lipinski definition) is 6. The first kappa shape index (κ1) is 19.5. The van der Waals surface area contributed by atoms with Crippen LogP contribution in [0.2, 0.25) is 0 Å². The zero-order valence-electron chi connectivity index (χ0n) is 15.7. The molecule has 2 aliphatic rings. The highest BCUT2D eigenvalue weighted by Crippen LogP contribution is 2.34. The van der Waals surface area contributed by atoms with Gasteiger partial charge in [0, 0.05) is 17.7 Å². The molecule has 2 aliphatic heterocycles. The van der Waals surface area contributed by atoms with Gasteiger partial charge in [0.1, 0.15) is 11.6 Å². The van der Waals surface area contributed by atoms with Gasteiger partial charge in [0.05, 0.1) is 30.1 Å². The Morgan fingerprint density at radius 3 is 2.83 bits per heavy atom. The Morgan fingerprint density at radius 2 is 2.03 bits per heavy atom.